The van der Waals surface area contributed by atoms with Gasteiger partial charge in [0.25, 0.3) is 0 Å². The summed E-state index contributed by atoms with van der Waals surface area (Å²) in [5, 5.41) is 9.07. The standard InChI is InChI=1S/C29H49NO4.C2H6/c1-28-17-14-25-23(24(28)12-10-20(28)7-6-8-26(31)32)11-9-21-19-22(13-16-29(21,25)2)34-27(33)15-18-30(3,4)5;1-2/h20-25H,6-19H2,1-5H3;1-2H3/p+1. The minimum Gasteiger partial charge on any atom is -0.481 e. The molecule has 0 aromatic carbocycles. The van der Waals surface area contributed by atoms with Crippen molar-refractivity contribution in [3.63, 3.8) is 0 Å². The van der Waals surface area contributed by atoms with Crippen LogP contribution in [0.1, 0.15) is 111 Å². The maximum absolute atomic E-state index is 12.5. The first-order chi connectivity index (χ1) is 16.9. The van der Waals surface area contributed by atoms with Crippen LogP contribution in [0.5, 0.6) is 0 Å². The minimum atomic E-state index is -0.649. The fourth-order valence-corrected chi connectivity index (χ4v) is 9.08. The summed E-state index contributed by atoms with van der Waals surface area (Å²) in [6.45, 7) is 9.95. The first kappa shape index (κ1) is 29.5. The highest BCUT2D eigenvalue weighted by atomic mass is 16.5. The molecule has 0 amide bonds. The number of quaternary nitrogens is 1. The number of carbonyl (C=O) groups excluding carboxylic acids is 1. The fraction of sp³-hybridized carbons (Fsp3) is 0.935. The number of carboxylic acid groups (broad SMARTS) is 1. The summed E-state index contributed by atoms with van der Waals surface area (Å²) in [5.74, 6) is 3.23. The molecule has 0 spiro atoms. The molecule has 1 N–H and O–H groups in total. The number of aliphatic carboxylic acids is 1. The van der Waals surface area contributed by atoms with E-state index in [1.54, 1.807) is 0 Å². The summed E-state index contributed by atoms with van der Waals surface area (Å²) < 4.78 is 6.78. The van der Waals surface area contributed by atoms with E-state index < -0.39 is 5.97 Å². The van der Waals surface area contributed by atoms with E-state index in [1.165, 1.54) is 44.9 Å². The van der Waals surface area contributed by atoms with Gasteiger partial charge in [0, 0.05) is 6.42 Å². The van der Waals surface area contributed by atoms with Crippen molar-refractivity contribution >= 4 is 11.9 Å². The number of carbonyl (C=O) groups is 2. The highest BCUT2D eigenvalue weighted by molar-refractivity contribution is 5.69. The van der Waals surface area contributed by atoms with Gasteiger partial charge in [-0.25, -0.2) is 0 Å². The number of ether oxygens (including phenoxy) is 1. The molecule has 8 unspecified atom stereocenters. The molecular formula is C31H56NO4+. The van der Waals surface area contributed by atoms with Crippen molar-refractivity contribution in [1.82, 2.24) is 0 Å². The molecule has 0 heterocycles. The Morgan fingerprint density at radius 2 is 1.56 bits per heavy atom. The number of fused-ring (bicyclic) bond motifs is 5. The second kappa shape index (κ2) is 11.7. The van der Waals surface area contributed by atoms with E-state index >= 15 is 0 Å². The van der Waals surface area contributed by atoms with Crippen molar-refractivity contribution in [2.45, 2.75) is 117 Å². The van der Waals surface area contributed by atoms with Gasteiger partial charge in [0.05, 0.1) is 34.1 Å². The Morgan fingerprint density at radius 1 is 0.889 bits per heavy atom. The molecule has 0 radical (unpaired) electrons. The number of carboxylic acids is 1. The summed E-state index contributed by atoms with van der Waals surface area (Å²) in [5.41, 5.74) is 0.817. The third kappa shape index (κ3) is 6.30. The molecule has 8 atom stereocenters. The van der Waals surface area contributed by atoms with Crippen LogP contribution in [0.3, 0.4) is 0 Å². The van der Waals surface area contributed by atoms with E-state index in [9.17, 15) is 9.59 Å². The quantitative estimate of drug-likeness (QED) is 0.286. The van der Waals surface area contributed by atoms with Crippen LogP contribution < -0.4 is 0 Å². The Bertz CT molecular complexity index is 760. The van der Waals surface area contributed by atoms with Crippen molar-refractivity contribution in [3.8, 4) is 0 Å². The molecule has 5 nitrogen and oxygen atoms in total. The minimum absolute atomic E-state index is 0.0105. The van der Waals surface area contributed by atoms with Crippen LogP contribution in [0.15, 0.2) is 0 Å². The molecule has 0 aromatic heterocycles. The highest BCUT2D eigenvalue weighted by Crippen LogP contribution is 2.68. The van der Waals surface area contributed by atoms with Crippen LogP contribution in [0.4, 0.5) is 0 Å². The summed E-state index contributed by atoms with van der Waals surface area (Å²) in [4.78, 5) is 23.5. The molecule has 4 aliphatic carbocycles. The van der Waals surface area contributed by atoms with E-state index in [0.717, 1.165) is 54.5 Å². The molecule has 4 aliphatic rings. The molecule has 0 aliphatic heterocycles. The summed E-state index contributed by atoms with van der Waals surface area (Å²) in [7, 11) is 6.36. The van der Waals surface area contributed by atoms with Gasteiger partial charge in [-0.05, 0) is 111 Å². The maximum Gasteiger partial charge on any atom is 0.311 e. The van der Waals surface area contributed by atoms with Crippen LogP contribution in [0.25, 0.3) is 0 Å². The van der Waals surface area contributed by atoms with E-state index in [-0.39, 0.29) is 12.1 Å². The van der Waals surface area contributed by atoms with Crippen LogP contribution in [-0.4, -0.2) is 55.3 Å². The number of esters is 1. The lowest BCUT2D eigenvalue weighted by atomic mass is 9.44. The fourth-order valence-electron chi connectivity index (χ4n) is 9.08. The van der Waals surface area contributed by atoms with Crippen LogP contribution in [0, 0.1) is 40.4 Å². The Kier molecular flexibility index (Phi) is 9.61. The van der Waals surface area contributed by atoms with Crippen molar-refractivity contribution in [1.29, 1.82) is 0 Å². The highest BCUT2D eigenvalue weighted by Gasteiger charge is 2.60. The van der Waals surface area contributed by atoms with Gasteiger partial charge in [0.15, 0.2) is 0 Å². The van der Waals surface area contributed by atoms with Crippen LogP contribution in [0.2, 0.25) is 0 Å². The molecule has 0 bridgehead atoms. The van der Waals surface area contributed by atoms with Gasteiger partial charge in [0.1, 0.15) is 6.10 Å². The number of nitrogens with zero attached hydrogens (tertiary/aromatic N) is 1. The summed E-state index contributed by atoms with van der Waals surface area (Å²) in [6, 6.07) is 0. The third-order valence-corrected chi connectivity index (χ3v) is 11.0. The summed E-state index contributed by atoms with van der Waals surface area (Å²) in [6.07, 6.45) is 14.1. The number of hydrogen-bond acceptors (Lipinski definition) is 3. The average molecular weight is 507 g/mol. The monoisotopic (exact) mass is 506 g/mol. The van der Waals surface area contributed by atoms with Crippen LogP contribution in [-0.2, 0) is 14.3 Å². The largest absolute Gasteiger partial charge is 0.481 e. The van der Waals surface area contributed by atoms with Gasteiger partial charge in [-0.1, -0.05) is 27.7 Å². The Balaban J connectivity index is 0.00000176. The van der Waals surface area contributed by atoms with Gasteiger partial charge in [-0.3, -0.25) is 9.59 Å². The molecule has 4 rings (SSSR count). The van der Waals surface area contributed by atoms with E-state index in [0.29, 0.717) is 35.5 Å². The zero-order valence-corrected chi connectivity index (χ0v) is 24.5. The zero-order valence-electron chi connectivity index (χ0n) is 24.5. The van der Waals surface area contributed by atoms with Crippen molar-refractivity contribution in [3.05, 3.63) is 0 Å². The molecule has 0 saturated heterocycles. The number of rotatable bonds is 8. The van der Waals surface area contributed by atoms with E-state index in [4.69, 9.17) is 9.84 Å². The predicted octanol–water partition coefficient (Wildman–Crippen LogP) is 6.93. The second-order valence-corrected chi connectivity index (χ2v) is 13.9. The van der Waals surface area contributed by atoms with Gasteiger partial charge < -0.3 is 14.3 Å². The molecule has 4 saturated carbocycles. The smallest absolute Gasteiger partial charge is 0.311 e. The van der Waals surface area contributed by atoms with Crippen molar-refractivity contribution < 1.29 is 23.9 Å². The Morgan fingerprint density at radius 3 is 2.22 bits per heavy atom. The summed E-state index contributed by atoms with van der Waals surface area (Å²) >= 11 is 0. The second-order valence-electron chi connectivity index (χ2n) is 13.9. The topological polar surface area (TPSA) is 63.6 Å². The lowest BCUT2D eigenvalue weighted by molar-refractivity contribution is -0.869. The molecule has 4 fully saturated rings. The molecule has 36 heavy (non-hydrogen) atoms. The lowest BCUT2D eigenvalue weighted by Gasteiger charge is -2.61. The third-order valence-electron chi connectivity index (χ3n) is 11.0. The van der Waals surface area contributed by atoms with Crippen molar-refractivity contribution in [2.75, 3.05) is 27.7 Å². The molecule has 208 valence electrons. The van der Waals surface area contributed by atoms with Crippen molar-refractivity contribution in [2.24, 2.45) is 40.4 Å². The number of hydrogen-bond donors (Lipinski definition) is 1. The predicted molar refractivity (Wildman–Crippen MR) is 145 cm³/mol. The molecule has 5 heteroatoms. The lowest BCUT2D eigenvalue weighted by Crippen LogP contribution is -2.54. The van der Waals surface area contributed by atoms with Gasteiger partial charge >= 0.3 is 11.9 Å². The first-order valence-electron chi connectivity index (χ1n) is 15.1. The average Bonchev–Trinajstić information content (AvgIpc) is 3.15. The Hall–Kier alpha value is -1.10. The van der Waals surface area contributed by atoms with Crippen LogP contribution >= 0.6 is 0 Å². The SMILES string of the molecule is CC.CC12CCC3C(CCC4CC(OC(=O)CC[N+](C)(C)C)CCC43C)C1CCC2CCCC(=O)O. The van der Waals surface area contributed by atoms with E-state index in [2.05, 4.69) is 35.0 Å². The normalized spacial score (nSPS) is 39.6. The van der Waals surface area contributed by atoms with Gasteiger partial charge in [-0.15, -0.1) is 0 Å². The van der Waals surface area contributed by atoms with Gasteiger partial charge in [0.2, 0.25) is 0 Å². The zero-order chi connectivity index (χ0) is 26.7. The van der Waals surface area contributed by atoms with E-state index in [1.807, 2.05) is 13.8 Å². The van der Waals surface area contributed by atoms with Gasteiger partial charge in [-0.2, -0.15) is 0 Å². The molecule has 0 aromatic rings. The maximum atomic E-state index is 12.5. The molecular weight excluding hydrogens is 450 g/mol. The Labute approximate surface area is 221 Å². The first-order valence-corrected chi connectivity index (χ1v) is 15.1.